The number of nitrogens with zero attached hydrogens (tertiary/aromatic N) is 2. The number of hydrogen-bond donors (Lipinski definition) is 1. The number of carbonyl (C=O) groups is 1. The van der Waals surface area contributed by atoms with Gasteiger partial charge in [-0.25, -0.2) is 10.4 Å². The van der Waals surface area contributed by atoms with Gasteiger partial charge in [0, 0.05) is 10.9 Å². The fourth-order valence-electron chi connectivity index (χ4n) is 2.99. The van der Waals surface area contributed by atoms with E-state index in [1.165, 1.54) is 5.56 Å². The Hall–Kier alpha value is -2.83. The van der Waals surface area contributed by atoms with Crippen molar-refractivity contribution in [3.63, 3.8) is 0 Å². The van der Waals surface area contributed by atoms with Gasteiger partial charge in [0.15, 0.2) is 0 Å². The second-order valence-corrected chi connectivity index (χ2v) is 9.14. The zero-order valence-electron chi connectivity index (χ0n) is 15.9. The average molecular weight is 464 g/mol. The first-order chi connectivity index (χ1) is 14.0. The maximum absolute atomic E-state index is 13.0. The predicted molar refractivity (Wildman–Crippen MR) is 124 cm³/mol. The van der Waals surface area contributed by atoms with Crippen molar-refractivity contribution in [2.45, 2.75) is 13.8 Å². The molecule has 0 radical (unpaired) electrons. The summed E-state index contributed by atoms with van der Waals surface area (Å²) in [6.45, 7) is 3.92. The number of thiophene rings is 1. The van der Waals surface area contributed by atoms with Crippen LogP contribution in [0.15, 0.2) is 75.6 Å². The molecule has 2 heterocycles. The van der Waals surface area contributed by atoms with Crippen LogP contribution in [0.2, 0.25) is 0 Å². The lowest BCUT2D eigenvalue weighted by molar-refractivity contribution is 0.0956. The molecule has 2 aromatic carbocycles. The number of rotatable bonds is 4. The molecule has 0 bridgehead atoms. The molecule has 0 aliphatic carbocycles. The van der Waals surface area contributed by atoms with Crippen LogP contribution in [0.4, 0.5) is 0 Å². The van der Waals surface area contributed by atoms with Crippen LogP contribution in [0.25, 0.3) is 22.2 Å². The Kier molecular flexibility index (Phi) is 5.56. The molecule has 6 heteroatoms. The Labute approximate surface area is 181 Å². The summed E-state index contributed by atoms with van der Waals surface area (Å²) < 4.78 is 1.02. The number of aromatic nitrogens is 1. The van der Waals surface area contributed by atoms with E-state index in [1.54, 1.807) is 11.3 Å². The lowest BCUT2D eigenvalue weighted by atomic mass is 10.0. The standard InChI is InChI=1S/C23H18BrN3OS/c1-14-7-9-16(10-8-14)20-13-18(17-5-3-4-6-19(17)25-20)23(28)27-26-15(2)21-11-12-22(24)29-21/h3-13H,1-2H3,(H,27,28). The van der Waals surface area contributed by atoms with Crippen molar-refractivity contribution in [1.82, 2.24) is 10.4 Å². The Morgan fingerprint density at radius 1 is 1.07 bits per heavy atom. The molecule has 0 aliphatic rings. The number of pyridine rings is 1. The number of carbonyl (C=O) groups excluding carboxylic acids is 1. The lowest BCUT2D eigenvalue weighted by Crippen LogP contribution is -2.19. The molecule has 144 valence electrons. The van der Waals surface area contributed by atoms with Gasteiger partial charge in [0.1, 0.15) is 0 Å². The number of fused-ring (bicyclic) bond motifs is 1. The minimum atomic E-state index is -0.257. The number of hydrogen-bond acceptors (Lipinski definition) is 4. The fraction of sp³-hybridized carbons (Fsp3) is 0.0870. The first-order valence-corrected chi connectivity index (χ1v) is 10.7. The van der Waals surface area contributed by atoms with Crippen LogP contribution in [-0.4, -0.2) is 16.6 Å². The van der Waals surface area contributed by atoms with Crippen molar-refractivity contribution in [1.29, 1.82) is 0 Å². The van der Waals surface area contributed by atoms with Gasteiger partial charge in [0.05, 0.1) is 31.1 Å². The number of benzene rings is 2. The summed E-state index contributed by atoms with van der Waals surface area (Å²) >= 11 is 5.02. The molecule has 2 aromatic heterocycles. The summed E-state index contributed by atoms with van der Waals surface area (Å²) in [5, 5.41) is 5.09. The van der Waals surface area contributed by atoms with E-state index >= 15 is 0 Å². The zero-order valence-corrected chi connectivity index (χ0v) is 18.3. The molecule has 0 saturated carbocycles. The summed E-state index contributed by atoms with van der Waals surface area (Å²) in [6, 6.07) is 21.5. The van der Waals surface area contributed by atoms with Crippen LogP contribution in [0.1, 0.15) is 27.7 Å². The molecular formula is C23H18BrN3OS. The third-order valence-corrected chi connectivity index (χ3v) is 6.30. The van der Waals surface area contributed by atoms with E-state index in [4.69, 9.17) is 4.98 Å². The van der Waals surface area contributed by atoms with E-state index in [2.05, 4.69) is 26.5 Å². The minimum Gasteiger partial charge on any atom is -0.267 e. The molecule has 0 saturated heterocycles. The molecule has 4 nitrogen and oxygen atoms in total. The largest absolute Gasteiger partial charge is 0.272 e. The summed E-state index contributed by atoms with van der Waals surface area (Å²) in [6.07, 6.45) is 0. The van der Waals surface area contributed by atoms with Gasteiger partial charge in [0.25, 0.3) is 5.91 Å². The second-order valence-electron chi connectivity index (χ2n) is 6.68. The SMILES string of the molecule is CC(=NNC(=O)c1cc(-c2ccc(C)cc2)nc2ccccc12)c1ccc(Br)s1. The summed E-state index contributed by atoms with van der Waals surface area (Å²) in [4.78, 5) is 18.7. The number of hydrazone groups is 1. The van der Waals surface area contributed by atoms with E-state index in [1.807, 2.05) is 80.6 Å². The van der Waals surface area contributed by atoms with Crippen LogP contribution in [0, 0.1) is 6.92 Å². The van der Waals surface area contributed by atoms with Crippen molar-refractivity contribution < 1.29 is 4.79 Å². The smallest absolute Gasteiger partial charge is 0.267 e. The summed E-state index contributed by atoms with van der Waals surface area (Å²) in [7, 11) is 0. The van der Waals surface area contributed by atoms with Gasteiger partial charge >= 0.3 is 0 Å². The highest BCUT2D eigenvalue weighted by Gasteiger charge is 2.14. The van der Waals surface area contributed by atoms with Gasteiger partial charge < -0.3 is 0 Å². The van der Waals surface area contributed by atoms with Gasteiger partial charge in [-0.15, -0.1) is 11.3 Å². The first kappa shape index (κ1) is 19.5. The lowest BCUT2D eigenvalue weighted by Gasteiger charge is -2.09. The van der Waals surface area contributed by atoms with E-state index < -0.39 is 0 Å². The van der Waals surface area contributed by atoms with E-state index in [9.17, 15) is 4.79 Å². The highest BCUT2D eigenvalue weighted by molar-refractivity contribution is 9.11. The monoisotopic (exact) mass is 463 g/mol. The first-order valence-electron chi connectivity index (χ1n) is 9.08. The number of amides is 1. The van der Waals surface area contributed by atoms with Crippen molar-refractivity contribution in [2.75, 3.05) is 0 Å². The molecule has 4 aromatic rings. The van der Waals surface area contributed by atoms with Crippen molar-refractivity contribution in [2.24, 2.45) is 5.10 Å². The second kappa shape index (κ2) is 8.27. The number of nitrogens with one attached hydrogen (secondary N) is 1. The molecule has 1 amide bonds. The van der Waals surface area contributed by atoms with Crippen LogP contribution in [0.3, 0.4) is 0 Å². The van der Waals surface area contributed by atoms with Gasteiger partial charge in [-0.05, 0) is 54.0 Å². The Morgan fingerprint density at radius 2 is 1.83 bits per heavy atom. The third kappa shape index (κ3) is 4.28. The van der Waals surface area contributed by atoms with Gasteiger partial charge in [-0.3, -0.25) is 4.79 Å². The molecule has 1 N–H and O–H groups in total. The van der Waals surface area contributed by atoms with Gasteiger partial charge in [-0.2, -0.15) is 5.10 Å². The van der Waals surface area contributed by atoms with Crippen molar-refractivity contribution in [3.8, 4) is 11.3 Å². The highest BCUT2D eigenvalue weighted by atomic mass is 79.9. The van der Waals surface area contributed by atoms with E-state index in [0.29, 0.717) is 5.56 Å². The van der Waals surface area contributed by atoms with Gasteiger partial charge in [-0.1, -0.05) is 48.0 Å². The molecule has 0 aliphatic heterocycles. The van der Waals surface area contributed by atoms with Crippen LogP contribution in [0.5, 0.6) is 0 Å². The van der Waals surface area contributed by atoms with Crippen LogP contribution in [-0.2, 0) is 0 Å². The topological polar surface area (TPSA) is 54.4 Å². The molecule has 0 atom stereocenters. The number of halogens is 1. The molecule has 0 unspecified atom stereocenters. The molecule has 0 spiro atoms. The molecule has 29 heavy (non-hydrogen) atoms. The normalized spacial score (nSPS) is 11.6. The molecular weight excluding hydrogens is 446 g/mol. The Balaban J connectivity index is 1.71. The maximum Gasteiger partial charge on any atom is 0.272 e. The summed E-state index contributed by atoms with van der Waals surface area (Å²) in [5.41, 5.74) is 7.69. The van der Waals surface area contributed by atoms with Crippen molar-refractivity contribution >= 4 is 49.8 Å². The van der Waals surface area contributed by atoms with Crippen LogP contribution < -0.4 is 5.43 Å². The predicted octanol–water partition coefficient (Wildman–Crippen LogP) is 6.19. The third-order valence-electron chi connectivity index (χ3n) is 4.56. The fourth-order valence-corrected chi connectivity index (χ4v) is 4.33. The Bertz CT molecular complexity index is 1230. The highest BCUT2D eigenvalue weighted by Crippen LogP contribution is 2.25. The Morgan fingerprint density at radius 3 is 2.55 bits per heavy atom. The maximum atomic E-state index is 13.0. The molecule has 0 fully saturated rings. The van der Waals surface area contributed by atoms with Gasteiger partial charge in [0.2, 0.25) is 0 Å². The van der Waals surface area contributed by atoms with E-state index in [0.717, 1.165) is 36.5 Å². The quantitative estimate of drug-likeness (QED) is 0.289. The minimum absolute atomic E-state index is 0.257. The zero-order chi connectivity index (χ0) is 20.4. The average Bonchev–Trinajstić information content (AvgIpc) is 3.18. The number of aryl methyl sites for hydroxylation is 1. The number of para-hydroxylation sites is 1. The summed E-state index contributed by atoms with van der Waals surface area (Å²) in [5.74, 6) is -0.257. The van der Waals surface area contributed by atoms with Crippen LogP contribution >= 0.6 is 27.3 Å². The van der Waals surface area contributed by atoms with E-state index in [-0.39, 0.29) is 5.91 Å². The van der Waals surface area contributed by atoms with Crippen molar-refractivity contribution in [3.05, 3.63) is 86.5 Å². The molecule has 4 rings (SSSR count).